The second kappa shape index (κ2) is 5.14. The maximum Gasteiger partial charge on any atom is 0.229 e. The second-order valence-electron chi connectivity index (χ2n) is 4.84. The molecule has 1 aromatic heterocycles. The normalized spacial score (nSPS) is 19.9. The molecule has 0 aromatic carbocycles. The molecular formula is C12H21N3O2. The molecule has 1 aromatic rings. The number of nitrogens with two attached hydrogens (primary N) is 1. The zero-order valence-corrected chi connectivity index (χ0v) is 10.6. The summed E-state index contributed by atoms with van der Waals surface area (Å²) in [4.78, 5) is 4.48. The second-order valence-corrected chi connectivity index (χ2v) is 4.84. The van der Waals surface area contributed by atoms with E-state index in [9.17, 15) is 0 Å². The Bertz CT molecular complexity index is 355. The summed E-state index contributed by atoms with van der Waals surface area (Å²) in [5.74, 6) is 1.69. The van der Waals surface area contributed by atoms with E-state index < -0.39 is 0 Å². The molecule has 0 radical (unpaired) electrons. The highest BCUT2D eigenvalue weighted by molar-refractivity contribution is 5.07. The van der Waals surface area contributed by atoms with Crippen LogP contribution in [0.1, 0.15) is 56.7 Å². The lowest BCUT2D eigenvalue weighted by Crippen LogP contribution is -2.37. The first-order valence-corrected chi connectivity index (χ1v) is 6.31. The predicted octanol–water partition coefficient (Wildman–Crippen LogP) is 1.94. The van der Waals surface area contributed by atoms with E-state index in [0.717, 1.165) is 25.7 Å². The number of methoxy groups -OCH3 is 1. The van der Waals surface area contributed by atoms with Crippen molar-refractivity contribution in [2.45, 2.75) is 50.5 Å². The molecule has 1 saturated carbocycles. The summed E-state index contributed by atoms with van der Waals surface area (Å²) in [5.41, 5.74) is 5.21. The highest BCUT2D eigenvalue weighted by Gasteiger charge is 2.43. The van der Waals surface area contributed by atoms with Gasteiger partial charge in [0.1, 0.15) is 5.60 Å². The van der Waals surface area contributed by atoms with Gasteiger partial charge in [0.25, 0.3) is 0 Å². The molecule has 1 fully saturated rings. The molecule has 96 valence electrons. The minimum Gasteiger partial charge on any atom is -0.370 e. The third-order valence-corrected chi connectivity index (χ3v) is 3.66. The van der Waals surface area contributed by atoms with Crippen LogP contribution in [0.5, 0.6) is 0 Å². The summed E-state index contributed by atoms with van der Waals surface area (Å²) < 4.78 is 10.9. The van der Waals surface area contributed by atoms with Crippen molar-refractivity contribution in [3.8, 4) is 0 Å². The van der Waals surface area contributed by atoms with E-state index in [-0.39, 0.29) is 11.5 Å². The summed E-state index contributed by atoms with van der Waals surface area (Å²) in [7, 11) is 1.72. The SMILES string of the molecule is COC1(c2noc(C(C)CCCN)n2)CCC1. The molecule has 1 aliphatic carbocycles. The summed E-state index contributed by atoms with van der Waals surface area (Å²) in [6.45, 7) is 2.79. The van der Waals surface area contributed by atoms with Gasteiger partial charge < -0.3 is 15.0 Å². The minimum atomic E-state index is -0.282. The van der Waals surface area contributed by atoms with Crippen LogP contribution >= 0.6 is 0 Å². The lowest BCUT2D eigenvalue weighted by molar-refractivity contribution is -0.0858. The van der Waals surface area contributed by atoms with Gasteiger partial charge in [0.2, 0.25) is 11.7 Å². The Morgan fingerprint density at radius 1 is 1.53 bits per heavy atom. The van der Waals surface area contributed by atoms with Crippen LogP contribution in [0.25, 0.3) is 0 Å². The Morgan fingerprint density at radius 2 is 2.29 bits per heavy atom. The van der Waals surface area contributed by atoms with Crippen LogP contribution in [0.15, 0.2) is 4.52 Å². The van der Waals surface area contributed by atoms with Gasteiger partial charge >= 0.3 is 0 Å². The lowest BCUT2D eigenvalue weighted by Gasteiger charge is -2.37. The van der Waals surface area contributed by atoms with Gasteiger partial charge in [-0.05, 0) is 38.6 Å². The topological polar surface area (TPSA) is 74.2 Å². The zero-order valence-electron chi connectivity index (χ0n) is 10.6. The fraction of sp³-hybridized carbons (Fsp3) is 0.833. The summed E-state index contributed by atoms with van der Waals surface area (Å²) >= 11 is 0. The monoisotopic (exact) mass is 239 g/mol. The van der Waals surface area contributed by atoms with Crippen LogP contribution in [0.2, 0.25) is 0 Å². The Morgan fingerprint density at radius 3 is 2.82 bits per heavy atom. The van der Waals surface area contributed by atoms with Crippen molar-refractivity contribution in [3.63, 3.8) is 0 Å². The first-order valence-electron chi connectivity index (χ1n) is 6.31. The lowest BCUT2D eigenvalue weighted by atomic mass is 9.79. The molecule has 5 heteroatoms. The number of hydrogen-bond acceptors (Lipinski definition) is 5. The van der Waals surface area contributed by atoms with E-state index in [0.29, 0.717) is 18.3 Å². The Balaban J connectivity index is 2.05. The van der Waals surface area contributed by atoms with Gasteiger partial charge in [-0.3, -0.25) is 0 Å². The van der Waals surface area contributed by atoms with Crippen molar-refractivity contribution in [1.82, 2.24) is 10.1 Å². The van der Waals surface area contributed by atoms with Crippen molar-refractivity contribution in [3.05, 3.63) is 11.7 Å². The summed E-state index contributed by atoms with van der Waals surface area (Å²) in [6, 6.07) is 0. The third kappa shape index (κ3) is 2.35. The maximum absolute atomic E-state index is 5.53. The van der Waals surface area contributed by atoms with E-state index in [2.05, 4.69) is 17.1 Å². The molecule has 5 nitrogen and oxygen atoms in total. The van der Waals surface area contributed by atoms with Crippen LogP contribution in [-0.2, 0) is 10.3 Å². The first-order chi connectivity index (χ1) is 8.22. The van der Waals surface area contributed by atoms with Crippen molar-refractivity contribution in [1.29, 1.82) is 0 Å². The van der Waals surface area contributed by atoms with Crippen molar-refractivity contribution in [2.75, 3.05) is 13.7 Å². The number of ether oxygens (including phenoxy) is 1. The highest BCUT2D eigenvalue weighted by Crippen LogP contribution is 2.43. The van der Waals surface area contributed by atoms with Crippen molar-refractivity contribution < 1.29 is 9.26 Å². The molecule has 1 aliphatic rings. The van der Waals surface area contributed by atoms with E-state index in [1.54, 1.807) is 7.11 Å². The Labute approximate surface area is 102 Å². The molecule has 0 saturated heterocycles. The van der Waals surface area contributed by atoms with Crippen molar-refractivity contribution >= 4 is 0 Å². The zero-order chi connectivity index (χ0) is 12.3. The number of hydrogen-bond donors (Lipinski definition) is 1. The molecule has 0 spiro atoms. The van der Waals surface area contributed by atoms with Gasteiger partial charge in [-0.1, -0.05) is 12.1 Å². The van der Waals surface area contributed by atoms with Gasteiger partial charge in [0, 0.05) is 13.0 Å². The third-order valence-electron chi connectivity index (χ3n) is 3.66. The quantitative estimate of drug-likeness (QED) is 0.821. The molecule has 2 N–H and O–H groups in total. The van der Waals surface area contributed by atoms with Crippen LogP contribution in [-0.4, -0.2) is 23.8 Å². The fourth-order valence-electron chi connectivity index (χ4n) is 2.18. The van der Waals surface area contributed by atoms with E-state index in [4.69, 9.17) is 15.0 Å². The molecule has 1 heterocycles. The highest BCUT2D eigenvalue weighted by atomic mass is 16.5. The maximum atomic E-state index is 5.53. The van der Waals surface area contributed by atoms with Crippen LogP contribution < -0.4 is 5.73 Å². The van der Waals surface area contributed by atoms with Gasteiger partial charge in [-0.2, -0.15) is 4.98 Å². The molecule has 1 unspecified atom stereocenters. The van der Waals surface area contributed by atoms with E-state index >= 15 is 0 Å². The average Bonchev–Trinajstić information content (AvgIpc) is 2.75. The summed E-state index contributed by atoms with van der Waals surface area (Å²) in [5, 5.41) is 4.07. The first kappa shape index (κ1) is 12.5. The van der Waals surface area contributed by atoms with E-state index in [1.807, 2.05) is 0 Å². The van der Waals surface area contributed by atoms with Crippen LogP contribution in [0.4, 0.5) is 0 Å². The summed E-state index contributed by atoms with van der Waals surface area (Å²) in [6.07, 6.45) is 5.10. The largest absolute Gasteiger partial charge is 0.370 e. The van der Waals surface area contributed by atoms with Crippen LogP contribution in [0, 0.1) is 0 Å². The molecule has 0 bridgehead atoms. The Kier molecular flexibility index (Phi) is 3.79. The van der Waals surface area contributed by atoms with E-state index in [1.165, 1.54) is 6.42 Å². The van der Waals surface area contributed by atoms with Gasteiger partial charge in [-0.25, -0.2) is 0 Å². The molecule has 2 rings (SSSR count). The number of nitrogens with zero attached hydrogens (tertiary/aromatic N) is 2. The van der Waals surface area contributed by atoms with Gasteiger partial charge in [0.15, 0.2) is 0 Å². The fourth-order valence-corrected chi connectivity index (χ4v) is 2.18. The predicted molar refractivity (Wildman–Crippen MR) is 63.5 cm³/mol. The molecule has 1 atom stereocenters. The van der Waals surface area contributed by atoms with Crippen molar-refractivity contribution in [2.24, 2.45) is 5.73 Å². The molecule has 0 aliphatic heterocycles. The van der Waals surface area contributed by atoms with Gasteiger partial charge in [-0.15, -0.1) is 0 Å². The standard InChI is InChI=1S/C12H21N3O2/c1-9(5-3-8-13)10-14-11(15-17-10)12(16-2)6-4-7-12/h9H,3-8,13H2,1-2H3. The smallest absolute Gasteiger partial charge is 0.229 e. The molecule has 17 heavy (non-hydrogen) atoms. The van der Waals surface area contributed by atoms with Gasteiger partial charge in [0.05, 0.1) is 0 Å². The van der Waals surface area contributed by atoms with Crippen LogP contribution in [0.3, 0.4) is 0 Å². The molecular weight excluding hydrogens is 218 g/mol. The molecule has 0 amide bonds. The minimum absolute atomic E-state index is 0.272. The number of rotatable bonds is 6. The average molecular weight is 239 g/mol. The number of aromatic nitrogens is 2. The Hall–Kier alpha value is -0.940.